The van der Waals surface area contributed by atoms with Crippen molar-refractivity contribution in [3.05, 3.63) is 36.0 Å². The minimum atomic E-state index is 0.403. The van der Waals surface area contributed by atoms with Crippen molar-refractivity contribution in [1.29, 1.82) is 0 Å². The lowest BCUT2D eigenvalue weighted by molar-refractivity contribution is 0.145. The van der Waals surface area contributed by atoms with Crippen molar-refractivity contribution < 1.29 is 4.52 Å². The van der Waals surface area contributed by atoms with Crippen LogP contribution in [0.2, 0.25) is 0 Å². The second kappa shape index (κ2) is 5.64. The first-order chi connectivity index (χ1) is 9.74. The van der Waals surface area contributed by atoms with Crippen LogP contribution in [0.5, 0.6) is 0 Å². The van der Waals surface area contributed by atoms with Gasteiger partial charge >= 0.3 is 0 Å². The molecule has 1 aromatic heterocycles. The second-order valence-electron chi connectivity index (χ2n) is 5.31. The van der Waals surface area contributed by atoms with Gasteiger partial charge in [0, 0.05) is 32.7 Å². The fourth-order valence-electron chi connectivity index (χ4n) is 2.58. The molecule has 2 heterocycles. The molecule has 1 aromatic carbocycles. The number of hydrogen-bond donors (Lipinski definition) is 1. The summed E-state index contributed by atoms with van der Waals surface area (Å²) in [7, 11) is 2.15. The van der Waals surface area contributed by atoms with Crippen LogP contribution in [0.1, 0.15) is 5.69 Å². The van der Waals surface area contributed by atoms with Crippen molar-refractivity contribution in [2.75, 3.05) is 39.0 Å². The monoisotopic (exact) mass is 272 g/mol. The normalized spacial score (nSPS) is 17.4. The molecule has 106 valence electrons. The summed E-state index contributed by atoms with van der Waals surface area (Å²) in [4.78, 5) is 4.73. The Balaban J connectivity index is 1.81. The van der Waals surface area contributed by atoms with E-state index in [-0.39, 0.29) is 0 Å². The summed E-state index contributed by atoms with van der Waals surface area (Å²) in [6.45, 7) is 5.08. The Kier molecular flexibility index (Phi) is 3.71. The van der Waals surface area contributed by atoms with Gasteiger partial charge in [0.2, 0.25) is 5.88 Å². The molecular weight excluding hydrogens is 252 g/mol. The Morgan fingerprint density at radius 1 is 1.15 bits per heavy atom. The van der Waals surface area contributed by atoms with Crippen LogP contribution >= 0.6 is 0 Å². The van der Waals surface area contributed by atoms with Gasteiger partial charge in [0.15, 0.2) is 0 Å². The predicted octanol–water partition coefficient (Wildman–Crippen LogP) is 1.67. The average Bonchev–Trinajstić information content (AvgIpc) is 2.83. The molecule has 5 heteroatoms. The first kappa shape index (κ1) is 13.1. The number of benzene rings is 1. The van der Waals surface area contributed by atoms with Crippen LogP contribution in [0.25, 0.3) is 11.1 Å². The number of nitrogens with two attached hydrogens (primary N) is 1. The van der Waals surface area contributed by atoms with E-state index in [1.165, 1.54) is 0 Å². The van der Waals surface area contributed by atoms with Gasteiger partial charge in [-0.1, -0.05) is 35.5 Å². The van der Waals surface area contributed by atoms with E-state index in [1.54, 1.807) is 0 Å². The molecule has 0 spiro atoms. The highest BCUT2D eigenvalue weighted by Gasteiger charge is 2.20. The lowest BCUT2D eigenvalue weighted by atomic mass is 10.1. The molecule has 0 aliphatic carbocycles. The van der Waals surface area contributed by atoms with E-state index >= 15 is 0 Å². The van der Waals surface area contributed by atoms with E-state index in [1.807, 2.05) is 30.3 Å². The van der Waals surface area contributed by atoms with Gasteiger partial charge in [0.1, 0.15) is 5.69 Å². The van der Waals surface area contributed by atoms with E-state index in [4.69, 9.17) is 10.3 Å². The molecule has 0 bridgehead atoms. The topological polar surface area (TPSA) is 58.5 Å². The number of anilines is 1. The van der Waals surface area contributed by atoms with Gasteiger partial charge in [-0.2, -0.15) is 0 Å². The summed E-state index contributed by atoms with van der Waals surface area (Å²) in [5, 5.41) is 4.15. The van der Waals surface area contributed by atoms with E-state index < -0.39 is 0 Å². The SMILES string of the molecule is CN1CCN(Cc2noc(N)c2-c2ccccc2)CC1. The molecule has 0 atom stereocenters. The number of nitrogen functional groups attached to an aromatic ring is 1. The first-order valence-electron chi connectivity index (χ1n) is 6.94. The van der Waals surface area contributed by atoms with Crippen molar-refractivity contribution in [1.82, 2.24) is 15.0 Å². The minimum absolute atomic E-state index is 0.403. The number of likely N-dealkylation sites (N-methyl/N-ethyl adjacent to an activating group) is 1. The molecule has 1 aliphatic heterocycles. The van der Waals surface area contributed by atoms with Crippen molar-refractivity contribution >= 4 is 5.88 Å². The summed E-state index contributed by atoms with van der Waals surface area (Å²) < 4.78 is 5.20. The summed E-state index contributed by atoms with van der Waals surface area (Å²) in [5.41, 5.74) is 8.87. The Morgan fingerprint density at radius 2 is 1.85 bits per heavy atom. The fourth-order valence-corrected chi connectivity index (χ4v) is 2.58. The highest BCUT2D eigenvalue weighted by molar-refractivity contribution is 5.74. The van der Waals surface area contributed by atoms with Crippen LogP contribution < -0.4 is 5.73 Å². The minimum Gasteiger partial charge on any atom is -0.367 e. The predicted molar refractivity (Wildman–Crippen MR) is 79.1 cm³/mol. The largest absolute Gasteiger partial charge is 0.367 e. The number of piperazine rings is 1. The summed E-state index contributed by atoms with van der Waals surface area (Å²) in [5.74, 6) is 0.403. The Labute approximate surface area is 118 Å². The number of aromatic nitrogens is 1. The Bertz CT molecular complexity index is 559. The molecule has 0 saturated carbocycles. The highest BCUT2D eigenvalue weighted by atomic mass is 16.5. The molecule has 1 aliphatic rings. The number of hydrogen-bond acceptors (Lipinski definition) is 5. The van der Waals surface area contributed by atoms with Gasteiger partial charge in [-0.3, -0.25) is 4.90 Å². The van der Waals surface area contributed by atoms with Crippen LogP contribution in [0.4, 0.5) is 5.88 Å². The van der Waals surface area contributed by atoms with E-state index in [9.17, 15) is 0 Å². The zero-order chi connectivity index (χ0) is 13.9. The molecule has 2 N–H and O–H groups in total. The van der Waals surface area contributed by atoms with Gasteiger partial charge in [-0.05, 0) is 12.6 Å². The lowest BCUT2D eigenvalue weighted by Gasteiger charge is -2.31. The van der Waals surface area contributed by atoms with Gasteiger partial charge in [0.25, 0.3) is 0 Å². The molecule has 0 amide bonds. The number of rotatable bonds is 3. The van der Waals surface area contributed by atoms with Gasteiger partial charge in [-0.25, -0.2) is 0 Å². The number of nitrogens with zero attached hydrogens (tertiary/aromatic N) is 3. The summed E-state index contributed by atoms with van der Waals surface area (Å²) >= 11 is 0. The smallest absolute Gasteiger partial charge is 0.230 e. The standard InChI is InChI=1S/C15H20N4O/c1-18-7-9-19(10-8-18)11-13-14(15(16)20-17-13)12-5-3-2-4-6-12/h2-6H,7-11,16H2,1H3. The third-order valence-electron chi connectivity index (χ3n) is 3.82. The van der Waals surface area contributed by atoms with E-state index in [0.29, 0.717) is 5.88 Å². The van der Waals surface area contributed by atoms with Crippen molar-refractivity contribution in [3.8, 4) is 11.1 Å². The van der Waals surface area contributed by atoms with Crippen LogP contribution in [-0.4, -0.2) is 48.2 Å². The van der Waals surface area contributed by atoms with Crippen molar-refractivity contribution in [2.24, 2.45) is 0 Å². The summed E-state index contributed by atoms with van der Waals surface area (Å²) in [6.07, 6.45) is 0. The molecule has 5 nitrogen and oxygen atoms in total. The molecule has 2 aromatic rings. The summed E-state index contributed by atoms with van der Waals surface area (Å²) in [6, 6.07) is 10.1. The maximum atomic E-state index is 5.94. The zero-order valence-corrected chi connectivity index (χ0v) is 11.7. The van der Waals surface area contributed by atoms with Crippen molar-refractivity contribution in [2.45, 2.75) is 6.54 Å². The quantitative estimate of drug-likeness (QED) is 0.921. The lowest BCUT2D eigenvalue weighted by Crippen LogP contribution is -2.44. The molecular formula is C15H20N4O. The Hall–Kier alpha value is -1.85. The maximum absolute atomic E-state index is 5.94. The Morgan fingerprint density at radius 3 is 2.55 bits per heavy atom. The molecule has 0 unspecified atom stereocenters. The fraction of sp³-hybridized carbons (Fsp3) is 0.400. The maximum Gasteiger partial charge on any atom is 0.230 e. The third-order valence-corrected chi connectivity index (χ3v) is 3.82. The molecule has 0 radical (unpaired) electrons. The molecule has 1 fully saturated rings. The third kappa shape index (κ3) is 2.69. The molecule has 1 saturated heterocycles. The van der Waals surface area contributed by atoms with Crippen LogP contribution in [0.15, 0.2) is 34.9 Å². The highest BCUT2D eigenvalue weighted by Crippen LogP contribution is 2.30. The van der Waals surface area contributed by atoms with Crippen molar-refractivity contribution in [3.63, 3.8) is 0 Å². The van der Waals surface area contributed by atoms with Crippen LogP contribution in [0.3, 0.4) is 0 Å². The molecule has 20 heavy (non-hydrogen) atoms. The first-order valence-corrected chi connectivity index (χ1v) is 6.94. The average molecular weight is 272 g/mol. The molecule has 3 rings (SSSR count). The second-order valence-corrected chi connectivity index (χ2v) is 5.31. The van der Waals surface area contributed by atoms with Gasteiger partial charge in [-0.15, -0.1) is 0 Å². The van der Waals surface area contributed by atoms with Gasteiger partial charge < -0.3 is 15.2 Å². The van der Waals surface area contributed by atoms with E-state index in [2.05, 4.69) is 22.0 Å². The van der Waals surface area contributed by atoms with Crippen LogP contribution in [0, 0.1) is 0 Å². The van der Waals surface area contributed by atoms with Crippen LogP contribution in [-0.2, 0) is 6.54 Å². The van der Waals surface area contributed by atoms with E-state index in [0.717, 1.165) is 49.5 Å². The zero-order valence-electron chi connectivity index (χ0n) is 11.7. The van der Waals surface area contributed by atoms with Gasteiger partial charge in [0.05, 0.1) is 5.56 Å².